The lowest BCUT2D eigenvalue weighted by Crippen LogP contribution is -2.23. The predicted octanol–water partition coefficient (Wildman–Crippen LogP) is 3.45. The molecule has 1 rings (SSSR count). The average molecular weight is 342 g/mol. The van der Waals surface area contributed by atoms with Crippen molar-refractivity contribution in [2.24, 2.45) is 5.92 Å². The summed E-state index contributed by atoms with van der Waals surface area (Å²) in [7, 11) is 0. The number of hydrogen-bond donors (Lipinski definition) is 1. The summed E-state index contributed by atoms with van der Waals surface area (Å²) in [6, 6.07) is 0. The van der Waals surface area contributed by atoms with Crippen LogP contribution in [0, 0.1) is 12.8 Å². The summed E-state index contributed by atoms with van der Waals surface area (Å²) in [6.45, 7) is 12.1. The fraction of sp³-hybridized carbons (Fsp3) is 0.647. The Kier molecular flexibility index (Phi) is 8.34. The smallest absolute Gasteiger partial charge is 0.244 e. The molecule has 0 aliphatic rings. The van der Waals surface area contributed by atoms with E-state index in [1.807, 2.05) is 20.8 Å². The van der Waals surface area contributed by atoms with Crippen LogP contribution in [0.3, 0.4) is 0 Å². The zero-order valence-electron chi connectivity index (χ0n) is 14.7. The Balaban J connectivity index is 2.50. The van der Waals surface area contributed by atoms with Crippen LogP contribution in [0.15, 0.2) is 6.08 Å². The molecule has 0 saturated heterocycles. The van der Waals surface area contributed by atoms with E-state index in [0.29, 0.717) is 24.2 Å². The highest BCUT2D eigenvalue weighted by Crippen LogP contribution is 2.22. The van der Waals surface area contributed by atoms with Gasteiger partial charge in [0.25, 0.3) is 0 Å². The maximum absolute atomic E-state index is 11.8. The standard InChI is InChI=1S/C17H28ClN3O2/c1-12(2)11-21-17(18)15(14(5)20-21)7-8-16(22)19-9-6-10-23-13(3)4/h7-8,12-13H,6,9-11H2,1-5H3,(H,19,22)/b8-7+. The van der Waals surface area contributed by atoms with Crippen LogP contribution in [-0.4, -0.2) is 34.9 Å². The molecule has 0 unspecified atom stereocenters. The summed E-state index contributed by atoms with van der Waals surface area (Å²) in [4.78, 5) is 11.8. The number of nitrogens with one attached hydrogen (secondary N) is 1. The second-order valence-electron chi connectivity index (χ2n) is 6.26. The molecule has 0 aliphatic carbocycles. The van der Waals surface area contributed by atoms with Gasteiger partial charge in [0.2, 0.25) is 5.91 Å². The Hall–Kier alpha value is -1.33. The molecule has 0 saturated carbocycles. The van der Waals surface area contributed by atoms with Crippen LogP contribution in [0.1, 0.15) is 45.4 Å². The van der Waals surface area contributed by atoms with Crippen LogP contribution in [0.5, 0.6) is 0 Å². The third-order valence-electron chi connectivity index (χ3n) is 3.12. The number of carbonyl (C=O) groups excluding carboxylic acids is 1. The van der Waals surface area contributed by atoms with Crippen molar-refractivity contribution in [3.05, 3.63) is 22.5 Å². The van der Waals surface area contributed by atoms with E-state index >= 15 is 0 Å². The minimum absolute atomic E-state index is 0.137. The monoisotopic (exact) mass is 341 g/mol. The first kappa shape index (κ1) is 19.7. The lowest BCUT2D eigenvalue weighted by molar-refractivity contribution is -0.116. The Morgan fingerprint density at radius 2 is 2.09 bits per heavy atom. The highest BCUT2D eigenvalue weighted by atomic mass is 35.5. The third kappa shape index (κ3) is 7.18. The van der Waals surface area contributed by atoms with E-state index in [1.54, 1.807) is 10.8 Å². The summed E-state index contributed by atoms with van der Waals surface area (Å²) < 4.78 is 7.20. The molecule has 130 valence electrons. The van der Waals surface area contributed by atoms with Gasteiger partial charge in [0, 0.05) is 31.3 Å². The minimum atomic E-state index is -0.137. The summed E-state index contributed by atoms with van der Waals surface area (Å²) in [5.74, 6) is 0.321. The molecule has 1 heterocycles. The molecule has 1 amide bonds. The van der Waals surface area contributed by atoms with E-state index in [9.17, 15) is 4.79 Å². The largest absolute Gasteiger partial charge is 0.379 e. The van der Waals surface area contributed by atoms with E-state index in [-0.39, 0.29) is 12.0 Å². The number of aromatic nitrogens is 2. The number of halogens is 1. The van der Waals surface area contributed by atoms with Crippen molar-refractivity contribution in [3.8, 4) is 0 Å². The van der Waals surface area contributed by atoms with Gasteiger partial charge in [0.1, 0.15) is 5.15 Å². The number of aryl methyl sites for hydroxylation is 1. The lowest BCUT2D eigenvalue weighted by Gasteiger charge is -2.07. The first-order chi connectivity index (χ1) is 10.8. The SMILES string of the molecule is Cc1nn(CC(C)C)c(Cl)c1/C=C/C(=O)NCCCOC(C)C. The van der Waals surface area contributed by atoms with Crippen molar-refractivity contribution < 1.29 is 9.53 Å². The van der Waals surface area contributed by atoms with Crippen molar-refractivity contribution in [1.82, 2.24) is 15.1 Å². The first-order valence-corrected chi connectivity index (χ1v) is 8.49. The van der Waals surface area contributed by atoms with E-state index in [0.717, 1.165) is 24.2 Å². The number of nitrogens with zero attached hydrogens (tertiary/aromatic N) is 2. The number of hydrogen-bond acceptors (Lipinski definition) is 3. The van der Waals surface area contributed by atoms with Gasteiger partial charge >= 0.3 is 0 Å². The van der Waals surface area contributed by atoms with Gasteiger partial charge in [-0.25, -0.2) is 0 Å². The molecule has 0 spiro atoms. The highest BCUT2D eigenvalue weighted by Gasteiger charge is 2.12. The van der Waals surface area contributed by atoms with Gasteiger partial charge in [-0.2, -0.15) is 5.10 Å². The van der Waals surface area contributed by atoms with Crippen molar-refractivity contribution >= 4 is 23.6 Å². The second-order valence-corrected chi connectivity index (χ2v) is 6.62. The van der Waals surface area contributed by atoms with Gasteiger partial charge in [-0.05, 0) is 39.2 Å². The van der Waals surface area contributed by atoms with E-state index in [4.69, 9.17) is 16.3 Å². The normalized spacial score (nSPS) is 11.8. The zero-order chi connectivity index (χ0) is 17.4. The van der Waals surface area contributed by atoms with Gasteiger partial charge in [0.05, 0.1) is 11.8 Å². The van der Waals surface area contributed by atoms with E-state index in [1.165, 1.54) is 6.08 Å². The van der Waals surface area contributed by atoms with Gasteiger partial charge in [0.15, 0.2) is 0 Å². The Bertz CT molecular complexity index is 536. The first-order valence-electron chi connectivity index (χ1n) is 8.11. The zero-order valence-corrected chi connectivity index (χ0v) is 15.5. The Morgan fingerprint density at radius 1 is 1.39 bits per heavy atom. The molecular weight excluding hydrogens is 314 g/mol. The lowest BCUT2D eigenvalue weighted by atomic mass is 10.2. The Labute approximate surface area is 144 Å². The number of carbonyl (C=O) groups is 1. The highest BCUT2D eigenvalue weighted by molar-refractivity contribution is 6.31. The molecule has 6 heteroatoms. The maximum Gasteiger partial charge on any atom is 0.244 e. The molecule has 0 aliphatic heterocycles. The predicted molar refractivity (Wildman–Crippen MR) is 94.6 cm³/mol. The van der Waals surface area contributed by atoms with Crippen LogP contribution in [0.4, 0.5) is 0 Å². The molecule has 5 nitrogen and oxygen atoms in total. The molecule has 0 bridgehead atoms. The second kappa shape index (κ2) is 9.73. The van der Waals surface area contributed by atoms with Crippen LogP contribution >= 0.6 is 11.6 Å². The summed E-state index contributed by atoms with van der Waals surface area (Å²) >= 11 is 6.33. The average Bonchev–Trinajstić information content (AvgIpc) is 2.70. The summed E-state index contributed by atoms with van der Waals surface area (Å²) in [5.41, 5.74) is 1.62. The van der Waals surface area contributed by atoms with Crippen LogP contribution in [0.2, 0.25) is 5.15 Å². The summed E-state index contributed by atoms with van der Waals surface area (Å²) in [5, 5.41) is 7.82. The van der Waals surface area contributed by atoms with E-state index in [2.05, 4.69) is 24.3 Å². The fourth-order valence-electron chi connectivity index (χ4n) is 2.04. The molecule has 23 heavy (non-hydrogen) atoms. The molecule has 0 radical (unpaired) electrons. The minimum Gasteiger partial charge on any atom is -0.379 e. The van der Waals surface area contributed by atoms with Crippen molar-refractivity contribution in [3.63, 3.8) is 0 Å². The number of rotatable bonds is 9. The summed E-state index contributed by atoms with van der Waals surface area (Å²) in [6.07, 6.45) is 4.24. The van der Waals surface area contributed by atoms with Gasteiger partial charge < -0.3 is 10.1 Å². The maximum atomic E-state index is 11.8. The number of amides is 1. The Morgan fingerprint density at radius 3 is 2.70 bits per heavy atom. The topological polar surface area (TPSA) is 56.2 Å². The molecule has 1 aromatic heterocycles. The van der Waals surface area contributed by atoms with Crippen molar-refractivity contribution in [2.45, 2.75) is 53.7 Å². The van der Waals surface area contributed by atoms with Crippen LogP contribution in [-0.2, 0) is 16.1 Å². The third-order valence-corrected chi connectivity index (χ3v) is 3.52. The van der Waals surface area contributed by atoms with Crippen LogP contribution in [0.25, 0.3) is 6.08 Å². The quantitative estimate of drug-likeness (QED) is 0.553. The molecule has 0 aromatic carbocycles. The van der Waals surface area contributed by atoms with Gasteiger partial charge in [-0.3, -0.25) is 9.48 Å². The van der Waals surface area contributed by atoms with Crippen LogP contribution < -0.4 is 5.32 Å². The molecule has 0 fully saturated rings. The van der Waals surface area contributed by atoms with Crippen molar-refractivity contribution in [1.29, 1.82) is 0 Å². The molecule has 0 atom stereocenters. The molecule has 1 N–H and O–H groups in total. The van der Waals surface area contributed by atoms with Crippen molar-refractivity contribution in [2.75, 3.05) is 13.2 Å². The molecule has 1 aromatic rings. The fourth-order valence-corrected chi connectivity index (χ4v) is 2.35. The van der Waals surface area contributed by atoms with Gasteiger partial charge in [-0.1, -0.05) is 25.4 Å². The van der Waals surface area contributed by atoms with E-state index < -0.39 is 0 Å². The van der Waals surface area contributed by atoms with Gasteiger partial charge in [-0.15, -0.1) is 0 Å². The number of ether oxygens (including phenoxy) is 1. The molecular formula is C17H28ClN3O2.